The lowest BCUT2D eigenvalue weighted by atomic mass is 9.95. The minimum atomic E-state index is -0.271. The average molecular weight is 292 g/mol. The van der Waals surface area contributed by atoms with Crippen LogP contribution in [0.15, 0.2) is 24.3 Å². The summed E-state index contributed by atoms with van der Waals surface area (Å²) in [6.45, 7) is 3.98. The molecule has 3 nitrogen and oxygen atoms in total. The number of hydrogen-bond donors (Lipinski definition) is 2. The lowest BCUT2D eigenvalue weighted by Gasteiger charge is -2.30. The molecule has 106 valence electrons. The number of fused-ring (bicyclic) bond motifs is 1. The minimum absolute atomic E-state index is 0.0628. The standard InChI is InChI=1S/C15H17FN2OS/c1-9-4-5-17-8-12(9)18-15(19)14-7-10-6-11(16)2-3-13(10)20-14/h2-3,6-7,9,12,17H,4-5,8H2,1H3,(H,18,19)/t9-,12+/m0/s1. The average Bonchev–Trinajstić information content (AvgIpc) is 2.84. The van der Waals surface area contributed by atoms with E-state index in [-0.39, 0.29) is 17.8 Å². The van der Waals surface area contributed by atoms with Gasteiger partial charge in [0.25, 0.3) is 5.91 Å². The number of amides is 1. The Morgan fingerprint density at radius 2 is 2.30 bits per heavy atom. The number of carbonyl (C=O) groups excluding carboxylic acids is 1. The van der Waals surface area contributed by atoms with E-state index in [2.05, 4.69) is 17.6 Å². The molecule has 2 N–H and O–H groups in total. The Balaban J connectivity index is 1.78. The number of nitrogens with one attached hydrogen (secondary N) is 2. The lowest BCUT2D eigenvalue weighted by molar-refractivity contribution is 0.0919. The molecule has 5 heteroatoms. The molecule has 0 unspecified atom stereocenters. The van der Waals surface area contributed by atoms with Gasteiger partial charge in [-0.2, -0.15) is 0 Å². The van der Waals surface area contributed by atoms with E-state index in [1.165, 1.54) is 23.5 Å². The minimum Gasteiger partial charge on any atom is -0.347 e. The van der Waals surface area contributed by atoms with Crippen LogP contribution in [0.4, 0.5) is 4.39 Å². The second-order valence-electron chi connectivity index (χ2n) is 5.34. The molecule has 1 aromatic heterocycles. The highest BCUT2D eigenvalue weighted by Gasteiger charge is 2.23. The maximum atomic E-state index is 13.2. The van der Waals surface area contributed by atoms with Crippen molar-refractivity contribution in [1.29, 1.82) is 0 Å². The van der Waals surface area contributed by atoms with Gasteiger partial charge in [-0.25, -0.2) is 4.39 Å². The number of carbonyl (C=O) groups is 1. The molecule has 20 heavy (non-hydrogen) atoms. The molecular weight excluding hydrogens is 275 g/mol. The third-order valence-corrected chi connectivity index (χ3v) is 4.96. The van der Waals surface area contributed by atoms with Gasteiger partial charge < -0.3 is 10.6 Å². The van der Waals surface area contributed by atoms with Gasteiger partial charge in [0, 0.05) is 17.3 Å². The number of thiophene rings is 1. The molecule has 2 atom stereocenters. The number of hydrogen-bond acceptors (Lipinski definition) is 3. The number of rotatable bonds is 2. The second kappa shape index (κ2) is 5.50. The van der Waals surface area contributed by atoms with Gasteiger partial charge in [0.05, 0.1) is 4.88 Å². The Hall–Kier alpha value is -1.46. The fourth-order valence-corrected chi connectivity index (χ4v) is 3.49. The summed E-state index contributed by atoms with van der Waals surface area (Å²) in [5, 5.41) is 7.16. The van der Waals surface area contributed by atoms with Crippen LogP contribution in [0.5, 0.6) is 0 Å². The first kappa shape index (κ1) is 13.5. The molecule has 0 aliphatic carbocycles. The molecule has 3 rings (SSSR count). The molecule has 1 aliphatic rings. The Kier molecular flexibility index (Phi) is 3.72. The Bertz CT molecular complexity index is 640. The van der Waals surface area contributed by atoms with Gasteiger partial charge >= 0.3 is 0 Å². The van der Waals surface area contributed by atoms with Crippen molar-refractivity contribution in [3.8, 4) is 0 Å². The molecular formula is C15H17FN2OS. The molecule has 1 fully saturated rings. The maximum Gasteiger partial charge on any atom is 0.261 e. The Morgan fingerprint density at radius 3 is 3.10 bits per heavy atom. The molecule has 1 aliphatic heterocycles. The summed E-state index contributed by atoms with van der Waals surface area (Å²) in [5.41, 5.74) is 0. The molecule has 0 bridgehead atoms. The largest absolute Gasteiger partial charge is 0.347 e. The van der Waals surface area contributed by atoms with Crippen LogP contribution in [0.25, 0.3) is 10.1 Å². The second-order valence-corrected chi connectivity index (χ2v) is 6.43. The van der Waals surface area contributed by atoms with Crippen LogP contribution in [0.1, 0.15) is 23.0 Å². The van der Waals surface area contributed by atoms with Crippen molar-refractivity contribution < 1.29 is 9.18 Å². The highest BCUT2D eigenvalue weighted by atomic mass is 32.1. The van der Waals surface area contributed by atoms with E-state index in [0.29, 0.717) is 10.8 Å². The first-order valence-corrected chi connectivity index (χ1v) is 7.66. The molecule has 2 heterocycles. The summed E-state index contributed by atoms with van der Waals surface area (Å²) < 4.78 is 14.1. The third-order valence-electron chi connectivity index (χ3n) is 3.85. The van der Waals surface area contributed by atoms with Crippen molar-refractivity contribution in [2.75, 3.05) is 13.1 Å². The van der Waals surface area contributed by atoms with Crippen LogP contribution in [0.3, 0.4) is 0 Å². The maximum absolute atomic E-state index is 13.2. The van der Waals surface area contributed by atoms with Crippen molar-refractivity contribution in [3.63, 3.8) is 0 Å². The van der Waals surface area contributed by atoms with Crippen LogP contribution >= 0.6 is 11.3 Å². The SMILES string of the molecule is C[C@H]1CCNC[C@H]1NC(=O)c1cc2cc(F)ccc2s1. The summed E-state index contributed by atoms with van der Waals surface area (Å²) in [4.78, 5) is 12.9. The summed E-state index contributed by atoms with van der Waals surface area (Å²) in [6, 6.07) is 6.54. The van der Waals surface area contributed by atoms with Crippen LogP contribution in [-0.2, 0) is 0 Å². The van der Waals surface area contributed by atoms with Crippen molar-refractivity contribution in [2.45, 2.75) is 19.4 Å². The molecule has 1 saturated heterocycles. The fourth-order valence-electron chi connectivity index (χ4n) is 2.55. The zero-order valence-electron chi connectivity index (χ0n) is 11.3. The summed E-state index contributed by atoms with van der Waals surface area (Å²) in [7, 11) is 0. The number of benzene rings is 1. The van der Waals surface area contributed by atoms with Gasteiger partial charge in [0.2, 0.25) is 0 Å². The van der Waals surface area contributed by atoms with Gasteiger partial charge in [0.15, 0.2) is 0 Å². The first-order chi connectivity index (χ1) is 9.63. The quantitative estimate of drug-likeness (QED) is 0.893. The van der Waals surface area contributed by atoms with E-state index in [0.717, 1.165) is 29.6 Å². The monoisotopic (exact) mass is 292 g/mol. The molecule has 2 aromatic rings. The fraction of sp³-hybridized carbons (Fsp3) is 0.400. The Labute approximate surface area is 121 Å². The van der Waals surface area contributed by atoms with Crippen molar-refractivity contribution >= 4 is 27.3 Å². The molecule has 1 amide bonds. The summed E-state index contributed by atoms with van der Waals surface area (Å²) in [5.74, 6) is 0.145. The number of piperidine rings is 1. The molecule has 0 spiro atoms. The molecule has 0 saturated carbocycles. The smallest absolute Gasteiger partial charge is 0.261 e. The van der Waals surface area contributed by atoms with Gasteiger partial charge in [-0.05, 0) is 48.5 Å². The highest BCUT2D eigenvalue weighted by molar-refractivity contribution is 7.20. The summed E-state index contributed by atoms with van der Waals surface area (Å²) in [6.07, 6.45) is 1.07. The van der Waals surface area contributed by atoms with E-state index < -0.39 is 0 Å². The van der Waals surface area contributed by atoms with Gasteiger partial charge in [0.1, 0.15) is 5.82 Å². The normalized spacial score (nSPS) is 22.9. The van der Waals surface area contributed by atoms with Gasteiger partial charge in [-0.15, -0.1) is 11.3 Å². The van der Waals surface area contributed by atoms with E-state index >= 15 is 0 Å². The van der Waals surface area contributed by atoms with E-state index in [4.69, 9.17) is 0 Å². The number of halogens is 1. The van der Waals surface area contributed by atoms with Gasteiger partial charge in [-0.3, -0.25) is 4.79 Å². The molecule has 1 aromatic carbocycles. The third kappa shape index (κ3) is 2.69. The summed E-state index contributed by atoms with van der Waals surface area (Å²) >= 11 is 1.40. The zero-order chi connectivity index (χ0) is 14.1. The Morgan fingerprint density at radius 1 is 1.45 bits per heavy atom. The highest BCUT2D eigenvalue weighted by Crippen LogP contribution is 2.26. The van der Waals surface area contributed by atoms with Gasteiger partial charge in [-0.1, -0.05) is 6.92 Å². The van der Waals surface area contributed by atoms with Crippen molar-refractivity contribution in [1.82, 2.24) is 10.6 Å². The van der Waals surface area contributed by atoms with E-state index in [9.17, 15) is 9.18 Å². The van der Waals surface area contributed by atoms with Crippen LogP contribution in [0.2, 0.25) is 0 Å². The van der Waals surface area contributed by atoms with Crippen molar-refractivity contribution in [3.05, 3.63) is 35.0 Å². The van der Waals surface area contributed by atoms with Crippen LogP contribution in [-0.4, -0.2) is 25.0 Å². The van der Waals surface area contributed by atoms with Crippen LogP contribution in [0, 0.1) is 11.7 Å². The van der Waals surface area contributed by atoms with E-state index in [1.807, 2.05) is 0 Å². The van der Waals surface area contributed by atoms with Crippen molar-refractivity contribution in [2.24, 2.45) is 5.92 Å². The topological polar surface area (TPSA) is 41.1 Å². The predicted molar refractivity (Wildman–Crippen MR) is 79.7 cm³/mol. The lowest BCUT2D eigenvalue weighted by Crippen LogP contribution is -2.50. The first-order valence-electron chi connectivity index (χ1n) is 6.84. The zero-order valence-corrected chi connectivity index (χ0v) is 12.1. The predicted octanol–water partition coefficient (Wildman–Crippen LogP) is 2.77. The van der Waals surface area contributed by atoms with E-state index in [1.54, 1.807) is 12.1 Å². The van der Waals surface area contributed by atoms with Crippen LogP contribution < -0.4 is 10.6 Å². The molecule has 0 radical (unpaired) electrons.